The number of aromatic amines is 2. The van der Waals surface area contributed by atoms with E-state index in [2.05, 4.69) is 41.2 Å². The fourth-order valence-electron chi connectivity index (χ4n) is 3.52. The zero-order valence-corrected chi connectivity index (χ0v) is 16.0. The minimum absolute atomic E-state index is 0.172. The monoisotopic (exact) mass is 351 g/mol. The van der Waals surface area contributed by atoms with Crippen LogP contribution in [-0.4, -0.2) is 37.5 Å². The molecule has 1 aromatic carbocycles. The van der Waals surface area contributed by atoms with E-state index in [0.717, 1.165) is 46.8 Å². The van der Waals surface area contributed by atoms with Gasteiger partial charge in [0.1, 0.15) is 5.69 Å². The lowest BCUT2D eigenvalue weighted by atomic mass is 9.93. The van der Waals surface area contributed by atoms with Crippen molar-refractivity contribution >= 4 is 16.9 Å². The standard InChI is InChI=1S/C20H25N5O/c1-11-8-15-16(9-12(11)2)22-18(21-15)17-13-10-25(19(26)20(3,4)5)7-6-14(13)23-24-17/h8-9H,6-7,10H2,1-5H3,(H,21,22)(H,23,24). The number of hydrogen-bond donors (Lipinski definition) is 2. The smallest absolute Gasteiger partial charge is 0.228 e. The highest BCUT2D eigenvalue weighted by Gasteiger charge is 2.32. The normalized spacial score (nSPS) is 14.7. The second kappa shape index (κ2) is 5.69. The molecule has 2 N–H and O–H groups in total. The van der Waals surface area contributed by atoms with Crippen LogP contribution in [0.3, 0.4) is 0 Å². The molecule has 0 saturated carbocycles. The first-order chi connectivity index (χ1) is 12.2. The Labute approximate surface area is 153 Å². The third kappa shape index (κ3) is 2.69. The van der Waals surface area contributed by atoms with Crippen LogP contribution in [-0.2, 0) is 17.8 Å². The Balaban J connectivity index is 1.73. The summed E-state index contributed by atoms with van der Waals surface area (Å²) < 4.78 is 0. The molecule has 3 heterocycles. The van der Waals surface area contributed by atoms with Crippen molar-refractivity contribution < 1.29 is 4.79 Å². The molecule has 0 atom stereocenters. The third-order valence-electron chi connectivity index (χ3n) is 5.18. The van der Waals surface area contributed by atoms with Crippen molar-refractivity contribution in [1.82, 2.24) is 25.1 Å². The molecule has 0 bridgehead atoms. The van der Waals surface area contributed by atoms with E-state index in [1.807, 2.05) is 25.7 Å². The average molecular weight is 351 g/mol. The van der Waals surface area contributed by atoms with Crippen LogP contribution in [0.1, 0.15) is 43.2 Å². The molecule has 1 amide bonds. The van der Waals surface area contributed by atoms with E-state index in [0.29, 0.717) is 6.54 Å². The van der Waals surface area contributed by atoms with Gasteiger partial charge in [-0.1, -0.05) is 20.8 Å². The van der Waals surface area contributed by atoms with E-state index in [1.165, 1.54) is 11.1 Å². The molecule has 1 aliphatic heterocycles. The van der Waals surface area contributed by atoms with Crippen molar-refractivity contribution in [2.45, 2.75) is 47.6 Å². The van der Waals surface area contributed by atoms with E-state index >= 15 is 0 Å². The van der Waals surface area contributed by atoms with Gasteiger partial charge in [-0.05, 0) is 37.1 Å². The van der Waals surface area contributed by atoms with Crippen LogP contribution < -0.4 is 0 Å². The van der Waals surface area contributed by atoms with Crippen LogP contribution >= 0.6 is 0 Å². The summed E-state index contributed by atoms with van der Waals surface area (Å²) in [6.45, 7) is 11.4. The number of fused-ring (bicyclic) bond motifs is 2. The van der Waals surface area contributed by atoms with Gasteiger partial charge in [0.2, 0.25) is 5.91 Å². The molecule has 0 aliphatic carbocycles. The highest BCUT2D eigenvalue weighted by atomic mass is 16.2. The Bertz CT molecular complexity index is 966. The summed E-state index contributed by atoms with van der Waals surface area (Å²) in [7, 11) is 0. The Hall–Kier alpha value is -2.63. The molecule has 2 aromatic heterocycles. The second-order valence-corrected chi connectivity index (χ2v) is 8.30. The topological polar surface area (TPSA) is 77.7 Å². The molecule has 1 aliphatic rings. The van der Waals surface area contributed by atoms with Crippen molar-refractivity contribution in [3.05, 3.63) is 34.5 Å². The minimum atomic E-state index is -0.379. The van der Waals surface area contributed by atoms with Gasteiger partial charge < -0.3 is 9.88 Å². The van der Waals surface area contributed by atoms with Crippen molar-refractivity contribution in [2.75, 3.05) is 6.54 Å². The van der Waals surface area contributed by atoms with Gasteiger partial charge in [-0.2, -0.15) is 5.10 Å². The first kappa shape index (κ1) is 16.8. The number of benzene rings is 1. The van der Waals surface area contributed by atoms with E-state index in [4.69, 9.17) is 4.98 Å². The van der Waals surface area contributed by atoms with Gasteiger partial charge in [-0.15, -0.1) is 0 Å². The summed E-state index contributed by atoms with van der Waals surface area (Å²) in [5, 5.41) is 7.65. The highest BCUT2D eigenvalue weighted by molar-refractivity contribution is 5.83. The van der Waals surface area contributed by atoms with Crippen LogP contribution in [0.5, 0.6) is 0 Å². The first-order valence-electron chi connectivity index (χ1n) is 9.07. The first-order valence-corrected chi connectivity index (χ1v) is 9.07. The lowest BCUT2D eigenvalue weighted by molar-refractivity contribution is -0.140. The van der Waals surface area contributed by atoms with Crippen LogP contribution in [0, 0.1) is 19.3 Å². The van der Waals surface area contributed by atoms with Crippen molar-refractivity contribution in [1.29, 1.82) is 0 Å². The van der Waals surface area contributed by atoms with Gasteiger partial charge in [0.05, 0.1) is 11.0 Å². The summed E-state index contributed by atoms with van der Waals surface area (Å²) in [6.07, 6.45) is 0.794. The van der Waals surface area contributed by atoms with Crippen molar-refractivity contribution in [3.8, 4) is 11.5 Å². The predicted octanol–water partition coefficient (Wildman–Crippen LogP) is 3.50. The van der Waals surface area contributed by atoms with Crippen LogP contribution in [0.25, 0.3) is 22.6 Å². The number of amides is 1. The quantitative estimate of drug-likeness (QED) is 0.704. The van der Waals surface area contributed by atoms with Crippen molar-refractivity contribution in [3.63, 3.8) is 0 Å². The van der Waals surface area contributed by atoms with Crippen molar-refractivity contribution in [2.24, 2.45) is 5.41 Å². The maximum atomic E-state index is 12.7. The number of H-pyrrole nitrogens is 2. The maximum absolute atomic E-state index is 12.7. The van der Waals surface area contributed by atoms with E-state index in [1.54, 1.807) is 0 Å². The number of carbonyl (C=O) groups is 1. The summed E-state index contributed by atoms with van der Waals surface area (Å²) in [5.74, 6) is 0.929. The fraction of sp³-hybridized carbons (Fsp3) is 0.450. The number of hydrogen-bond acceptors (Lipinski definition) is 3. The molecule has 0 radical (unpaired) electrons. The van der Waals surface area contributed by atoms with E-state index in [9.17, 15) is 4.79 Å². The Morgan fingerprint density at radius 2 is 1.92 bits per heavy atom. The number of aryl methyl sites for hydroxylation is 2. The molecule has 0 unspecified atom stereocenters. The summed E-state index contributed by atoms with van der Waals surface area (Å²) in [5.41, 5.74) is 7.03. The predicted molar refractivity (Wildman–Crippen MR) is 102 cm³/mol. The number of nitrogens with zero attached hydrogens (tertiary/aromatic N) is 3. The maximum Gasteiger partial charge on any atom is 0.228 e. The molecule has 136 valence electrons. The number of nitrogens with one attached hydrogen (secondary N) is 2. The SMILES string of the molecule is Cc1cc2nc(-c3n[nH]c4c3CN(C(=O)C(C)(C)C)CC4)[nH]c2cc1C. The summed E-state index contributed by atoms with van der Waals surface area (Å²) in [6, 6.07) is 4.22. The van der Waals surface area contributed by atoms with Gasteiger partial charge in [0.15, 0.2) is 5.82 Å². The number of carbonyl (C=O) groups excluding carboxylic acids is 1. The number of imidazole rings is 1. The van der Waals surface area contributed by atoms with E-state index < -0.39 is 0 Å². The molecule has 3 aromatic rings. The lowest BCUT2D eigenvalue weighted by Crippen LogP contribution is -2.42. The van der Waals surface area contributed by atoms with Crippen LogP contribution in [0.2, 0.25) is 0 Å². The third-order valence-corrected chi connectivity index (χ3v) is 5.18. The van der Waals surface area contributed by atoms with Gasteiger partial charge in [0, 0.05) is 36.2 Å². The molecule has 0 fully saturated rings. The second-order valence-electron chi connectivity index (χ2n) is 8.30. The molecular weight excluding hydrogens is 326 g/mol. The van der Waals surface area contributed by atoms with Gasteiger partial charge >= 0.3 is 0 Å². The molecule has 0 saturated heterocycles. The lowest BCUT2D eigenvalue weighted by Gasteiger charge is -2.32. The summed E-state index contributed by atoms with van der Waals surface area (Å²) in [4.78, 5) is 22.8. The fourth-order valence-corrected chi connectivity index (χ4v) is 3.52. The zero-order chi connectivity index (χ0) is 18.6. The largest absolute Gasteiger partial charge is 0.337 e. The van der Waals surface area contributed by atoms with E-state index in [-0.39, 0.29) is 11.3 Å². The van der Waals surface area contributed by atoms with Gasteiger partial charge in [0.25, 0.3) is 0 Å². The number of aromatic nitrogens is 4. The molecule has 26 heavy (non-hydrogen) atoms. The minimum Gasteiger partial charge on any atom is -0.337 e. The Kier molecular flexibility index (Phi) is 3.68. The van der Waals surface area contributed by atoms with Crippen LogP contribution in [0.4, 0.5) is 0 Å². The van der Waals surface area contributed by atoms with Crippen LogP contribution in [0.15, 0.2) is 12.1 Å². The summed E-state index contributed by atoms with van der Waals surface area (Å²) >= 11 is 0. The molecule has 0 spiro atoms. The zero-order valence-electron chi connectivity index (χ0n) is 16.0. The van der Waals surface area contributed by atoms with Gasteiger partial charge in [-0.3, -0.25) is 9.89 Å². The Morgan fingerprint density at radius 3 is 2.65 bits per heavy atom. The molecule has 6 heteroatoms. The Morgan fingerprint density at radius 1 is 1.19 bits per heavy atom. The average Bonchev–Trinajstić information content (AvgIpc) is 3.16. The molecular formula is C20H25N5O. The molecule has 6 nitrogen and oxygen atoms in total. The van der Waals surface area contributed by atoms with Gasteiger partial charge in [-0.25, -0.2) is 4.98 Å². The highest BCUT2D eigenvalue weighted by Crippen LogP contribution is 2.30. The number of rotatable bonds is 1. The molecule has 4 rings (SSSR count).